The Morgan fingerprint density at radius 3 is 2.04 bits per heavy atom. The zero-order valence-corrected chi connectivity index (χ0v) is 14.2. The van der Waals surface area contributed by atoms with Gasteiger partial charge in [-0.3, -0.25) is 4.79 Å². The van der Waals surface area contributed by atoms with Gasteiger partial charge in [0.25, 0.3) is 0 Å². The number of nitrogens with two attached hydrogens (primary N) is 1. The molecule has 0 unspecified atom stereocenters. The maximum atomic E-state index is 11.9. The number of ether oxygens (including phenoxy) is 1. The van der Waals surface area contributed by atoms with E-state index in [2.05, 4.69) is 6.07 Å². The zero-order chi connectivity index (χ0) is 17.7. The van der Waals surface area contributed by atoms with E-state index in [1.165, 1.54) is 0 Å². The fraction of sp³-hybridized carbons (Fsp3) is 0.300. The quantitative estimate of drug-likeness (QED) is 0.875. The standard InChI is InChI=1S/C20H22N2O2/c1-20(2,3)24-19(23)18(22)12-14-4-8-16(9-5-14)17-10-6-15(13-21)7-11-17/h4-11,18H,12,22H2,1-3H3/t18-/m0/s1. The summed E-state index contributed by atoms with van der Waals surface area (Å²) in [6.07, 6.45) is 0.433. The third kappa shape index (κ3) is 4.94. The zero-order valence-electron chi connectivity index (χ0n) is 14.2. The average Bonchev–Trinajstić information content (AvgIpc) is 2.54. The van der Waals surface area contributed by atoms with Gasteiger partial charge in [0.15, 0.2) is 0 Å². The van der Waals surface area contributed by atoms with Crippen LogP contribution in [0.15, 0.2) is 48.5 Å². The molecule has 0 bridgehead atoms. The lowest BCUT2D eigenvalue weighted by atomic mass is 10.00. The number of nitrogens with zero attached hydrogens (tertiary/aromatic N) is 1. The average molecular weight is 322 g/mol. The van der Waals surface area contributed by atoms with Crippen LogP contribution in [0.5, 0.6) is 0 Å². The van der Waals surface area contributed by atoms with Crippen molar-refractivity contribution in [3.8, 4) is 17.2 Å². The van der Waals surface area contributed by atoms with Crippen molar-refractivity contribution >= 4 is 5.97 Å². The largest absolute Gasteiger partial charge is 0.459 e. The SMILES string of the molecule is CC(C)(C)OC(=O)[C@@H](N)Cc1ccc(-c2ccc(C#N)cc2)cc1. The Morgan fingerprint density at radius 2 is 1.58 bits per heavy atom. The summed E-state index contributed by atoms with van der Waals surface area (Å²) in [5.74, 6) is -0.390. The molecule has 4 heteroatoms. The Bertz CT molecular complexity index is 735. The first-order valence-electron chi connectivity index (χ1n) is 7.86. The number of carbonyl (C=O) groups excluding carboxylic acids is 1. The van der Waals surface area contributed by atoms with Crippen LogP contribution in [0.1, 0.15) is 31.9 Å². The molecule has 0 aliphatic heterocycles. The fourth-order valence-electron chi connectivity index (χ4n) is 2.29. The molecule has 2 aromatic carbocycles. The molecule has 124 valence electrons. The number of esters is 1. The van der Waals surface area contributed by atoms with Crippen molar-refractivity contribution in [2.45, 2.75) is 38.8 Å². The number of nitriles is 1. The summed E-state index contributed by atoms with van der Waals surface area (Å²) in [6, 6.07) is 16.7. The third-order valence-electron chi connectivity index (χ3n) is 3.47. The van der Waals surface area contributed by atoms with Crippen LogP contribution in [0, 0.1) is 11.3 Å². The Balaban J connectivity index is 2.03. The molecule has 0 fully saturated rings. The molecule has 0 radical (unpaired) electrons. The van der Waals surface area contributed by atoms with Gasteiger partial charge in [0.2, 0.25) is 0 Å². The second kappa shape index (κ2) is 7.29. The first-order chi connectivity index (χ1) is 11.3. The minimum atomic E-state index is -0.676. The first kappa shape index (κ1) is 17.7. The number of rotatable bonds is 4. The monoisotopic (exact) mass is 322 g/mol. The number of carbonyl (C=O) groups is 1. The summed E-state index contributed by atoms with van der Waals surface area (Å²) in [5, 5.41) is 8.84. The van der Waals surface area contributed by atoms with E-state index in [-0.39, 0.29) is 0 Å². The summed E-state index contributed by atoms with van der Waals surface area (Å²) < 4.78 is 5.30. The maximum absolute atomic E-state index is 11.9. The van der Waals surface area contributed by atoms with Crippen molar-refractivity contribution in [2.24, 2.45) is 5.73 Å². The first-order valence-corrected chi connectivity index (χ1v) is 7.86. The molecule has 2 aromatic rings. The molecule has 24 heavy (non-hydrogen) atoms. The molecule has 1 atom stereocenters. The molecular weight excluding hydrogens is 300 g/mol. The van der Waals surface area contributed by atoms with Crippen molar-refractivity contribution < 1.29 is 9.53 Å². The highest BCUT2D eigenvalue weighted by atomic mass is 16.6. The Hall–Kier alpha value is -2.64. The summed E-state index contributed by atoms with van der Waals surface area (Å²) in [7, 11) is 0. The molecule has 0 aliphatic rings. The Kier molecular flexibility index (Phi) is 5.38. The number of hydrogen-bond acceptors (Lipinski definition) is 4. The van der Waals surface area contributed by atoms with E-state index >= 15 is 0 Å². The van der Waals surface area contributed by atoms with E-state index in [9.17, 15) is 4.79 Å². The van der Waals surface area contributed by atoms with Gasteiger partial charge in [0, 0.05) is 0 Å². The van der Waals surface area contributed by atoms with Crippen molar-refractivity contribution in [1.82, 2.24) is 0 Å². The molecular formula is C20H22N2O2. The van der Waals surface area contributed by atoms with Crippen LogP contribution in [-0.2, 0) is 16.0 Å². The Morgan fingerprint density at radius 1 is 1.08 bits per heavy atom. The molecule has 0 saturated carbocycles. The van der Waals surface area contributed by atoms with Gasteiger partial charge in [0.1, 0.15) is 11.6 Å². The summed E-state index contributed by atoms with van der Waals surface area (Å²) in [6.45, 7) is 5.47. The van der Waals surface area contributed by atoms with E-state index in [0.29, 0.717) is 12.0 Å². The van der Waals surface area contributed by atoms with Crippen molar-refractivity contribution in [3.05, 3.63) is 59.7 Å². The predicted molar refractivity (Wildman–Crippen MR) is 94.1 cm³/mol. The van der Waals surface area contributed by atoms with Crippen LogP contribution in [0.25, 0.3) is 11.1 Å². The molecule has 0 aromatic heterocycles. The minimum Gasteiger partial charge on any atom is -0.459 e. The van der Waals surface area contributed by atoms with E-state index in [1.54, 1.807) is 12.1 Å². The highest BCUT2D eigenvalue weighted by molar-refractivity contribution is 5.76. The van der Waals surface area contributed by atoms with Crippen LogP contribution in [0.3, 0.4) is 0 Å². The van der Waals surface area contributed by atoms with Crippen LogP contribution < -0.4 is 5.73 Å². The smallest absolute Gasteiger partial charge is 0.323 e. The fourth-order valence-corrected chi connectivity index (χ4v) is 2.29. The van der Waals surface area contributed by atoms with Gasteiger partial charge in [-0.05, 0) is 56.0 Å². The van der Waals surface area contributed by atoms with E-state index in [0.717, 1.165) is 16.7 Å². The number of benzene rings is 2. The maximum Gasteiger partial charge on any atom is 0.323 e. The lowest BCUT2D eigenvalue weighted by Crippen LogP contribution is -2.38. The molecule has 0 amide bonds. The van der Waals surface area contributed by atoms with Crippen molar-refractivity contribution in [1.29, 1.82) is 5.26 Å². The van der Waals surface area contributed by atoms with E-state index < -0.39 is 17.6 Å². The lowest BCUT2D eigenvalue weighted by molar-refractivity contribution is -0.156. The molecule has 0 heterocycles. The van der Waals surface area contributed by atoms with Crippen LogP contribution in [0.2, 0.25) is 0 Å². The normalized spacial score (nSPS) is 12.3. The van der Waals surface area contributed by atoms with Gasteiger partial charge in [-0.1, -0.05) is 36.4 Å². The van der Waals surface area contributed by atoms with E-state index in [1.807, 2.05) is 57.2 Å². The van der Waals surface area contributed by atoms with Crippen molar-refractivity contribution in [2.75, 3.05) is 0 Å². The van der Waals surface area contributed by atoms with Gasteiger partial charge in [0.05, 0.1) is 11.6 Å². The Labute approximate surface area is 142 Å². The second-order valence-electron chi connectivity index (χ2n) is 6.73. The van der Waals surface area contributed by atoms with Gasteiger partial charge in [-0.15, -0.1) is 0 Å². The third-order valence-corrected chi connectivity index (χ3v) is 3.47. The lowest BCUT2D eigenvalue weighted by Gasteiger charge is -2.22. The summed E-state index contributed by atoms with van der Waals surface area (Å²) in [5.41, 5.74) is 9.10. The molecule has 2 N–H and O–H groups in total. The summed E-state index contributed by atoms with van der Waals surface area (Å²) in [4.78, 5) is 11.9. The van der Waals surface area contributed by atoms with Gasteiger partial charge >= 0.3 is 5.97 Å². The highest BCUT2D eigenvalue weighted by Crippen LogP contribution is 2.21. The van der Waals surface area contributed by atoms with E-state index in [4.69, 9.17) is 15.7 Å². The second-order valence-corrected chi connectivity index (χ2v) is 6.73. The number of hydrogen-bond donors (Lipinski definition) is 1. The molecule has 4 nitrogen and oxygen atoms in total. The molecule has 0 spiro atoms. The molecule has 0 aliphatic carbocycles. The predicted octanol–water partition coefficient (Wildman–Crippen LogP) is 3.44. The van der Waals surface area contributed by atoms with Crippen molar-refractivity contribution in [3.63, 3.8) is 0 Å². The van der Waals surface area contributed by atoms with Crippen LogP contribution >= 0.6 is 0 Å². The summed E-state index contributed by atoms with van der Waals surface area (Å²) >= 11 is 0. The molecule has 2 rings (SSSR count). The minimum absolute atomic E-state index is 0.390. The van der Waals surface area contributed by atoms with Crippen LogP contribution in [-0.4, -0.2) is 17.6 Å². The van der Waals surface area contributed by atoms with Gasteiger partial charge in [-0.25, -0.2) is 0 Å². The topological polar surface area (TPSA) is 76.1 Å². The van der Waals surface area contributed by atoms with Gasteiger partial charge in [-0.2, -0.15) is 5.26 Å². The highest BCUT2D eigenvalue weighted by Gasteiger charge is 2.22. The van der Waals surface area contributed by atoms with Crippen LogP contribution in [0.4, 0.5) is 0 Å². The molecule has 0 saturated heterocycles. The van der Waals surface area contributed by atoms with Gasteiger partial charge < -0.3 is 10.5 Å².